The molecule has 1 aliphatic carbocycles. The summed E-state index contributed by atoms with van der Waals surface area (Å²) in [5.41, 5.74) is 3.92. The summed E-state index contributed by atoms with van der Waals surface area (Å²) in [4.78, 5) is 26.8. The summed E-state index contributed by atoms with van der Waals surface area (Å²) >= 11 is 0. The Labute approximate surface area is 201 Å². The molecule has 1 N–H and O–H groups in total. The Morgan fingerprint density at radius 2 is 1.76 bits per heavy atom. The highest BCUT2D eigenvalue weighted by Gasteiger charge is 2.46. The summed E-state index contributed by atoms with van der Waals surface area (Å²) in [6, 6.07) is 17.6. The largest absolute Gasteiger partial charge is 0.494 e. The molecular formula is C29H33NO4. The van der Waals surface area contributed by atoms with Crippen LogP contribution in [-0.2, 0) is 20.7 Å². The number of carbonyl (C=O) groups excluding carboxylic acids is 2. The number of Topliss-reactive ketones (excluding diaryl/α,β-unsaturated/α-hetero) is 1. The first-order chi connectivity index (χ1) is 16.3. The van der Waals surface area contributed by atoms with Crippen molar-refractivity contribution in [1.29, 1.82) is 0 Å². The monoisotopic (exact) mass is 459 g/mol. The molecular weight excluding hydrogens is 426 g/mol. The first-order valence-electron chi connectivity index (χ1n) is 12.0. The van der Waals surface area contributed by atoms with Crippen molar-refractivity contribution in [3.05, 3.63) is 88.8 Å². The third kappa shape index (κ3) is 5.09. The van der Waals surface area contributed by atoms with Gasteiger partial charge >= 0.3 is 5.97 Å². The summed E-state index contributed by atoms with van der Waals surface area (Å²) in [5, 5.41) is 3.37. The summed E-state index contributed by atoms with van der Waals surface area (Å²) in [6.45, 7) is 8.81. The van der Waals surface area contributed by atoms with Crippen LogP contribution in [0.4, 0.5) is 0 Å². The molecule has 34 heavy (non-hydrogen) atoms. The van der Waals surface area contributed by atoms with E-state index in [9.17, 15) is 9.59 Å². The van der Waals surface area contributed by atoms with Crippen LogP contribution in [0.1, 0.15) is 51.2 Å². The molecule has 0 saturated heterocycles. The SMILES string of the molecule is CCOc1ccc(C2C(C(=O)OCCc3ccccc3)=C(C)NC3=CC(C)(C)CC(=O)C32)cc1. The van der Waals surface area contributed by atoms with Crippen LogP contribution in [0.15, 0.2) is 77.6 Å². The van der Waals surface area contributed by atoms with E-state index in [-0.39, 0.29) is 23.8 Å². The van der Waals surface area contributed by atoms with Crippen LogP contribution in [0, 0.1) is 11.3 Å². The first kappa shape index (κ1) is 23.8. The molecule has 2 atom stereocenters. The maximum atomic E-state index is 13.4. The average Bonchev–Trinajstić information content (AvgIpc) is 2.78. The van der Waals surface area contributed by atoms with Crippen LogP contribution >= 0.6 is 0 Å². The van der Waals surface area contributed by atoms with Crippen molar-refractivity contribution in [2.24, 2.45) is 11.3 Å². The first-order valence-corrected chi connectivity index (χ1v) is 12.0. The van der Waals surface area contributed by atoms with Gasteiger partial charge in [0, 0.05) is 30.2 Å². The Kier molecular flexibility index (Phi) is 6.92. The topological polar surface area (TPSA) is 64.6 Å². The molecule has 2 aromatic rings. The fraction of sp³-hybridized carbons (Fsp3) is 0.379. The minimum absolute atomic E-state index is 0.135. The Balaban J connectivity index is 1.67. The van der Waals surface area contributed by atoms with Crippen LogP contribution in [0.5, 0.6) is 5.75 Å². The summed E-state index contributed by atoms with van der Waals surface area (Å²) in [7, 11) is 0. The maximum Gasteiger partial charge on any atom is 0.336 e. The van der Waals surface area contributed by atoms with Crippen molar-refractivity contribution >= 4 is 11.8 Å². The zero-order chi connectivity index (χ0) is 24.3. The molecule has 1 aliphatic heterocycles. The fourth-order valence-corrected chi connectivity index (χ4v) is 5.02. The van der Waals surface area contributed by atoms with Crippen molar-refractivity contribution < 1.29 is 19.1 Å². The van der Waals surface area contributed by atoms with E-state index in [1.165, 1.54) is 0 Å². The molecule has 0 aromatic heterocycles. The van der Waals surface area contributed by atoms with E-state index in [0.29, 0.717) is 25.0 Å². The molecule has 0 spiro atoms. The van der Waals surface area contributed by atoms with Gasteiger partial charge in [-0.05, 0) is 42.5 Å². The van der Waals surface area contributed by atoms with Crippen LogP contribution in [0.3, 0.4) is 0 Å². The van der Waals surface area contributed by atoms with Gasteiger partial charge in [0.1, 0.15) is 11.5 Å². The molecule has 2 aliphatic rings. The molecule has 0 amide bonds. The zero-order valence-electron chi connectivity index (χ0n) is 20.4. The van der Waals surface area contributed by atoms with Gasteiger partial charge in [-0.15, -0.1) is 0 Å². The molecule has 2 aromatic carbocycles. The molecule has 0 bridgehead atoms. The van der Waals surface area contributed by atoms with Crippen molar-refractivity contribution in [2.45, 2.75) is 46.5 Å². The van der Waals surface area contributed by atoms with Gasteiger partial charge in [-0.2, -0.15) is 0 Å². The Morgan fingerprint density at radius 1 is 1.06 bits per heavy atom. The number of hydrogen-bond donors (Lipinski definition) is 1. The lowest BCUT2D eigenvalue weighted by atomic mass is 9.66. The number of ketones is 1. The van der Waals surface area contributed by atoms with E-state index in [4.69, 9.17) is 9.47 Å². The number of nitrogens with one attached hydrogen (secondary N) is 1. The molecule has 5 heteroatoms. The molecule has 178 valence electrons. The van der Waals surface area contributed by atoms with E-state index in [2.05, 4.69) is 25.2 Å². The lowest BCUT2D eigenvalue weighted by Crippen LogP contribution is -2.43. The summed E-state index contributed by atoms with van der Waals surface area (Å²) in [5.74, 6) is -0.324. The van der Waals surface area contributed by atoms with Crippen molar-refractivity contribution in [1.82, 2.24) is 5.32 Å². The molecule has 5 nitrogen and oxygen atoms in total. The van der Waals surface area contributed by atoms with Gasteiger partial charge in [0.15, 0.2) is 0 Å². The molecule has 0 fully saturated rings. The summed E-state index contributed by atoms with van der Waals surface area (Å²) in [6.07, 6.45) is 3.22. The van der Waals surface area contributed by atoms with Gasteiger partial charge in [0.05, 0.1) is 24.7 Å². The van der Waals surface area contributed by atoms with Crippen molar-refractivity contribution in [3.8, 4) is 5.75 Å². The number of carbonyl (C=O) groups is 2. The number of benzene rings is 2. The number of esters is 1. The summed E-state index contributed by atoms with van der Waals surface area (Å²) < 4.78 is 11.3. The highest BCUT2D eigenvalue weighted by atomic mass is 16.5. The third-order valence-electron chi connectivity index (χ3n) is 6.48. The van der Waals surface area contributed by atoms with Gasteiger partial charge in [-0.3, -0.25) is 4.79 Å². The highest BCUT2D eigenvalue weighted by molar-refractivity contribution is 5.96. The number of rotatable bonds is 7. The second kappa shape index (κ2) is 9.88. The van der Waals surface area contributed by atoms with Crippen LogP contribution in [0.25, 0.3) is 0 Å². The predicted octanol–water partition coefficient (Wildman–Crippen LogP) is 5.33. The molecule has 0 saturated carbocycles. The van der Waals surface area contributed by atoms with Crippen molar-refractivity contribution in [2.75, 3.05) is 13.2 Å². The van der Waals surface area contributed by atoms with E-state index in [0.717, 1.165) is 28.3 Å². The van der Waals surface area contributed by atoms with Gasteiger partial charge in [-0.1, -0.05) is 62.4 Å². The fourth-order valence-electron chi connectivity index (χ4n) is 5.02. The third-order valence-corrected chi connectivity index (χ3v) is 6.48. The lowest BCUT2D eigenvalue weighted by molar-refractivity contribution is -0.139. The van der Waals surface area contributed by atoms with E-state index < -0.39 is 11.8 Å². The quantitative estimate of drug-likeness (QED) is 0.567. The maximum absolute atomic E-state index is 13.4. The van der Waals surface area contributed by atoms with Gasteiger partial charge in [-0.25, -0.2) is 4.79 Å². The standard InChI is InChI=1S/C29H33NO4/c1-5-33-22-13-11-21(12-14-22)26-25(28(32)34-16-15-20-9-7-6-8-10-20)19(2)30-23-17-29(3,4)18-24(31)27(23)26/h6-14,17,26-27,30H,5,15-16,18H2,1-4H3. The van der Waals surface area contributed by atoms with Crippen LogP contribution in [0.2, 0.25) is 0 Å². The predicted molar refractivity (Wildman–Crippen MR) is 132 cm³/mol. The zero-order valence-corrected chi connectivity index (χ0v) is 20.4. The molecule has 2 unspecified atom stereocenters. The second-order valence-corrected chi connectivity index (χ2v) is 9.72. The van der Waals surface area contributed by atoms with Gasteiger partial charge < -0.3 is 14.8 Å². The number of ether oxygens (including phenoxy) is 2. The molecule has 1 heterocycles. The minimum Gasteiger partial charge on any atom is -0.494 e. The Hall–Kier alpha value is -3.34. The lowest BCUT2D eigenvalue weighted by Gasteiger charge is -2.41. The van der Waals surface area contributed by atoms with E-state index >= 15 is 0 Å². The van der Waals surface area contributed by atoms with Crippen LogP contribution < -0.4 is 10.1 Å². The molecule has 0 radical (unpaired) electrons. The highest BCUT2D eigenvalue weighted by Crippen LogP contribution is 2.47. The molecule has 4 rings (SSSR count). The van der Waals surface area contributed by atoms with Gasteiger partial charge in [0.2, 0.25) is 0 Å². The van der Waals surface area contributed by atoms with Crippen LogP contribution in [-0.4, -0.2) is 25.0 Å². The second-order valence-electron chi connectivity index (χ2n) is 9.72. The normalized spacial score (nSPS) is 21.3. The van der Waals surface area contributed by atoms with Gasteiger partial charge in [0.25, 0.3) is 0 Å². The number of hydrogen-bond acceptors (Lipinski definition) is 5. The smallest absolute Gasteiger partial charge is 0.336 e. The average molecular weight is 460 g/mol. The van der Waals surface area contributed by atoms with E-state index in [1.807, 2.05) is 68.4 Å². The Morgan fingerprint density at radius 3 is 2.44 bits per heavy atom. The number of allylic oxidation sites excluding steroid dienone is 3. The van der Waals surface area contributed by atoms with Crippen molar-refractivity contribution in [3.63, 3.8) is 0 Å². The Bertz CT molecular complexity index is 1110. The van der Waals surface area contributed by atoms with E-state index in [1.54, 1.807) is 0 Å². The minimum atomic E-state index is -0.439. The number of fused-ring (bicyclic) bond motifs is 1.